The second-order valence-corrected chi connectivity index (χ2v) is 11.3. The smallest absolute Gasteiger partial charge is 0.145 e. The van der Waals surface area contributed by atoms with Crippen LogP contribution in [0.2, 0.25) is 0 Å². The molecule has 2 heterocycles. The maximum absolute atomic E-state index is 5.00. The van der Waals surface area contributed by atoms with E-state index >= 15 is 0 Å². The number of imidazole rings is 1. The van der Waals surface area contributed by atoms with Crippen molar-refractivity contribution >= 4 is 40.0 Å². The number of fused-ring (bicyclic) bond motifs is 1. The lowest BCUT2D eigenvalue weighted by molar-refractivity contribution is 0.738. The number of aliphatic imine (C=N–C) groups is 2. The van der Waals surface area contributed by atoms with E-state index in [4.69, 9.17) is 15.0 Å². The Labute approximate surface area is 268 Å². The number of benzene rings is 6. The standard InChI is InChI=1S/C41H31N5/c1-4-12-33(13-5-1)45(34-14-6-2-7-15-34)36-26-24-31(25-27-36)39-29-42-38(28-43-39)30-20-22-32(23-21-30)41-44-37-18-10-11-19-40(37)46(41)35-16-8-3-9-17-35/h1-28,39H,29H2. The highest BCUT2D eigenvalue weighted by Gasteiger charge is 2.18. The maximum Gasteiger partial charge on any atom is 0.145 e. The third kappa shape index (κ3) is 5.29. The van der Waals surface area contributed by atoms with Crippen LogP contribution in [0, 0.1) is 0 Å². The van der Waals surface area contributed by atoms with Crippen LogP contribution >= 0.6 is 0 Å². The number of aromatic nitrogens is 2. The summed E-state index contributed by atoms with van der Waals surface area (Å²) in [7, 11) is 0. The molecule has 0 N–H and O–H groups in total. The van der Waals surface area contributed by atoms with Crippen LogP contribution in [0.4, 0.5) is 17.1 Å². The minimum Gasteiger partial charge on any atom is -0.311 e. The van der Waals surface area contributed by atoms with Gasteiger partial charge in [-0.1, -0.05) is 103 Å². The predicted molar refractivity (Wildman–Crippen MR) is 190 cm³/mol. The summed E-state index contributed by atoms with van der Waals surface area (Å²) in [6, 6.07) is 56.7. The van der Waals surface area contributed by atoms with Crippen molar-refractivity contribution in [1.82, 2.24) is 9.55 Å². The van der Waals surface area contributed by atoms with E-state index in [1.165, 1.54) is 0 Å². The van der Waals surface area contributed by atoms with Crippen molar-refractivity contribution in [3.8, 4) is 17.1 Å². The van der Waals surface area contributed by atoms with Gasteiger partial charge in [-0.25, -0.2) is 4.98 Å². The third-order valence-electron chi connectivity index (χ3n) is 8.39. The van der Waals surface area contributed by atoms with Crippen LogP contribution in [-0.4, -0.2) is 28.0 Å². The molecular formula is C41H31N5. The Morgan fingerprint density at radius 1 is 0.543 bits per heavy atom. The van der Waals surface area contributed by atoms with Gasteiger partial charge in [-0.2, -0.15) is 0 Å². The zero-order valence-electron chi connectivity index (χ0n) is 25.2. The highest BCUT2D eigenvalue weighted by molar-refractivity contribution is 6.38. The predicted octanol–water partition coefficient (Wildman–Crippen LogP) is 9.78. The van der Waals surface area contributed by atoms with Crippen molar-refractivity contribution in [3.63, 3.8) is 0 Å². The second-order valence-electron chi connectivity index (χ2n) is 11.3. The molecule has 1 atom stereocenters. The minimum absolute atomic E-state index is 0.00949. The zero-order valence-corrected chi connectivity index (χ0v) is 25.2. The van der Waals surface area contributed by atoms with Crippen LogP contribution in [0.25, 0.3) is 28.1 Å². The van der Waals surface area contributed by atoms with Gasteiger partial charge in [-0.15, -0.1) is 0 Å². The fourth-order valence-corrected chi connectivity index (χ4v) is 6.09. The van der Waals surface area contributed by atoms with Gasteiger partial charge in [0.15, 0.2) is 0 Å². The molecule has 0 aliphatic carbocycles. The normalized spacial score (nSPS) is 14.3. The SMILES string of the molecule is C1=NC(c2ccc(N(c3ccccc3)c3ccccc3)cc2)CN=C1c1ccc(-c2nc3ccccc3n2-c2ccccc2)cc1. The zero-order chi connectivity index (χ0) is 30.7. The van der Waals surface area contributed by atoms with Gasteiger partial charge in [-0.05, 0) is 66.2 Å². The average Bonchev–Trinajstić information content (AvgIpc) is 3.53. The van der Waals surface area contributed by atoms with Crippen LogP contribution in [-0.2, 0) is 0 Å². The molecular weight excluding hydrogens is 562 g/mol. The number of nitrogens with zero attached hydrogens (tertiary/aromatic N) is 5. The monoisotopic (exact) mass is 593 g/mol. The van der Waals surface area contributed by atoms with E-state index in [-0.39, 0.29) is 6.04 Å². The molecule has 8 rings (SSSR count). The fraction of sp³-hybridized carbons (Fsp3) is 0.0488. The van der Waals surface area contributed by atoms with Crippen LogP contribution in [0.15, 0.2) is 174 Å². The van der Waals surface area contributed by atoms with Gasteiger partial charge in [0.05, 0.1) is 29.3 Å². The Hall–Kier alpha value is -6.07. The largest absolute Gasteiger partial charge is 0.311 e. The molecule has 0 spiro atoms. The molecule has 6 aromatic carbocycles. The van der Waals surface area contributed by atoms with E-state index in [1.807, 2.05) is 30.5 Å². The minimum atomic E-state index is -0.00949. The Morgan fingerprint density at radius 3 is 1.74 bits per heavy atom. The van der Waals surface area contributed by atoms with Gasteiger partial charge in [0.25, 0.3) is 0 Å². The molecule has 220 valence electrons. The van der Waals surface area contributed by atoms with Gasteiger partial charge >= 0.3 is 0 Å². The van der Waals surface area contributed by atoms with Crippen molar-refractivity contribution < 1.29 is 0 Å². The van der Waals surface area contributed by atoms with Crippen LogP contribution in [0.5, 0.6) is 0 Å². The maximum atomic E-state index is 5.00. The Morgan fingerprint density at radius 2 is 1.11 bits per heavy atom. The summed E-state index contributed by atoms with van der Waals surface area (Å²) in [4.78, 5) is 17.1. The quantitative estimate of drug-likeness (QED) is 0.185. The van der Waals surface area contributed by atoms with Gasteiger partial charge in [0.2, 0.25) is 0 Å². The molecule has 1 aromatic heterocycles. The van der Waals surface area contributed by atoms with Crippen molar-refractivity contribution in [1.29, 1.82) is 0 Å². The van der Waals surface area contributed by atoms with E-state index in [1.54, 1.807) is 0 Å². The first kappa shape index (κ1) is 27.5. The molecule has 46 heavy (non-hydrogen) atoms. The van der Waals surface area contributed by atoms with Gasteiger partial charge in [0.1, 0.15) is 5.82 Å². The van der Waals surface area contributed by atoms with Crippen LogP contribution in [0.3, 0.4) is 0 Å². The van der Waals surface area contributed by atoms with E-state index in [0.717, 1.165) is 62.0 Å². The molecule has 0 bridgehead atoms. The topological polar surface area (TPSA) is 45.8 Å². The summed E-state index contributed by atoms with van der Waals surface area (Å²) in [6.45, 7) is 0.609. The molecule has 7 aromatic rings. The molecule has 5 nitrogen and oxygen atoms in total. The summed E-state index contributed by atoms with van der Waals surface area (Å²) < 4.78 is 2.22. The molecule has 0 saturated heterocycles. The number of hydrogen-bond acceptors (Lipinski definition) is 4. The van der Waals surface area contributed by atoms with E-state index in [2.05, 4.69) is 149 Å². The van der Waals surface area contributed by atoms with Gasteiger partial charge in [0, 0.05) is 40.1 Å². The lowest BCUT2D eigenvalue weighted by Gasteiger charge is -2.26. The summed E-state index contributed by atoms with van der Waals surface area (Å²) in [6.07, 6.45) is 1.91. The molecule has 1 unspecified atom stereocenters. The molecule has 0 saturated carbocycles. The number of hydrogen-bond donors (Lipinski definition) is 0. The summed E-state index contributed by atoms with van der Waals surface area (Å²) in [5.41, 5.74) is 10.6. The number of anilines is 3. The van der Waals surface area contributed by atoms with E-state index < -0.39 is 0 Å². The van der Waals surface area contributed by atoms with Crippen molar-refractivity contribution in [2.45, 2.75) is 6.04 Å². The molecule has 5 heteroatoms. The average molecular weight is 594 g/mol. The first-order valence-electron chi connectivity index (χ1n) is 15.5. The number of rotatable bonds is 7. The first-order valence-corrected chi connectivity index (χ1v) is 15.5. The van der Waals surface area contributed by atoms with E-state index in [9.17, 15) is 0 Å². The third-order valence-corrected chi connectivity index (χ3v) is 8.39. The molecule has 0 radical (unpaired) electrons. The summed E-state index contributed by atoms with van der Waals surface area (Å²) in [5.74, 6) is 0.916. The summed E-state index contributed by atoms with van der Waals surface area (Å²) >= 11 is 0. The molecule has 1 aliphatic rings. The second kappa shape index (κ2) is 12.1. The van der Waals surface area contributed by atoms with Gasteiger partial charge in [-0.3, -0.25) is 14.6 Å². The Balaban J connectivity index is 1.02. The highest BCUT2D eigenvalue weighted by Crippen LogP contribution is 2.35. The Bertz CT molecular complexity index is 2110. The molecule has 1 aliphatic heterocycles. The van der Waals surface area contributed by atoms with Crippen molar-refractivity contribution in [3.05, 3.63) is 175 Å². The fourth-order valence-electron chi connectivity index (χ4n) is 6.09. The van der Waals surface area contributed by atoms with E-state index in [0.29, 0.717) is 6.54 Å². The highest BCUT2D eigenvalue weighted by atomic mass is 15.1. The van der Waals surface area contributed by atoms with Crippen LogP contribution < -0.4 is 4.90 Å². The molecule has 0 amide bonds. The van der Waals surface area contributed by atoms with Crippen molar-refractivity contribution in [2.75, 3.05) is 11.4 Å². The van der Waals surface area contributed by atoms with Gasteiger partial charge < -0.3 is 4.90 Å². The summed E-state index contributed by atoms with van der Waals surface area (Å²) in [5, 5.41) is 0. The molecule has 0 fully saturated rings. The van der Waals surface area contributed by atoms with Crippen LogP contribution in [0.1, 0.15) is 17.2 Å². The number of para-hydroxylation sites is 5. The van der Waals surface area contributed by atoms with Crippen molar-refractivity contribution in [2.24, 2.45) is 9.98 Å². The first-order chi connectivity index (χ1) is 22.8. The Kier molecular flexibility index (Phi) is 7.25. The lowest BCUT2D eigenvalue weighted by atomic mass is 10.0. The lowest BCUT2D eigenvalue weighted by Crippen LogP contribution is -2.14.